The molecule has 1 N–H and O–H groups in total. The maximum atomic E-state index is 10.2. The van der Waals surface area contributed by atoms with Crippen LogP contribution in [0.1, 0.15) is 46.5 Å². The Hall–Kier alpha value is -2.05. The highest BCUT2D eigenvalue weighted by atomic mass is 16.4. The van der Waals surface area contributed by atoms with Gasteiger partial charge in [-0.05, 0) is 37.3 Å². The largest absolute Gasteiger partial charge is 0.550 e. The molecule has 25 heavy (non-hydrogen) atoms. The van der Waals surface area contributed by atoms with Crippen molar-refractivity contribution in [3.63, 3.8) is 0 Å². The molecule has 1 aliphatic heterocycles. The van der Waals surface area contributed by atoms with Gasteiger partial charge in [0.15, 0.2) is 0 Å². The average Bonchev–Trinajstić information content (AvgIpc) is 3.23. The summed E-state index contributed by atoms with van der Waals surface area (Å²) < 4.78 is 4.59. The number of aromatic nitrogens is 2. The van der Waals surface area contributed by atoms with Gasteiger partial charge in [-0.3, -0.25) is 0 Å². The first-order valence-electron chi connectivity index (χ1n) is 9.01. The monoisotopic (exact) mass is 350 g/mol. The number of imidazole rings is 1. The third-order valence-corrected chi connectivity index (χ3v) is 4.16. The minimum absolute atomic E-state index is 0.221. The molecule has 2 rings (SSSR count). The number of nitrogens with one attached hydrogen (secondary N) is 1. The summed E-state index contributed by atoms with van der Waals surface area (Å²) in [6.07, 6.45) is 11.8. The summed E-state index contributed by atoms with van der Waals surface area (Å²) >= 11 is 0. The van der Waals surface area contributed by atoms with Crippen molar-refractivity contribution in [2.24, 2.45) is 11.0 Å². The molecule has 0 radical (unpaired) electrons. The lowest BCUT2D eigenvalue weighted by molar-refractivity contribution is -0.698. The lowest BCUT2D eigenvalue weighted by atomic mass is 10.1. The van der Waals surface area contributed by atoms with Crippen LogP contribution >= 0.6 is 0 Å². The molecule has 0 bridgehead atoms. The van der Waals surface area contributed by atoms with Crippen LogP contribution in [0.5, 0.6) is 0 Å². The molecule has 1 aromatic rings. The fourth-order valence-electron chi connectivity index (χ4n) is 2.70. The quantitative estimate of drug-likeness (QED) is 0.331. The number of carboxylic acids is 1. The number of unbranched alkanes of at least 4 members (excludes halogenated alkanes) is 1. The lowest BCUT2D eigenvalue weighted by Gasteiger charge is -2.14. The second-order valence-electron chi connectivity index (χ2n) is 6.71. The van der Waals surface area contributed by atoms with Crippen molar-refractivity contribution < 1.29 is 14.5 Å². The Morgan fingerprint density at radius 2 is 2.32 bits per heavy atom. The number of carboxylic acid groups (broad SMARTS) is 1. The van der Waals surface area contributed by atoms with E-state index >= 15 is 0 Å². The number of azide groups is 1. The van der Waals surface area contributed by atoms with Crippen LogP contribution < -0.4 is 15.0 Å². The molecule has 2 heterocycles. The van der Waals surface area contributed by atoms with Crippen molar-refractivity contribution >= 4 is 5.97 Å². The number of nitrogens with zero attached hydrogens (tertiary/aromatic N) is 5. The number of hydrogen-bond acceptors (Lipinski definition) is 4. The first kappa shape index (κ1) is 21.0. The van der Waals surface area contributed by atoms with Crippen LogP contribution in [0, 0.1) is 5.92 Å². The van der Waals surface area contributed by atoms with Crippen LogP contribution in [0.25, 0.3) is 10.4 Å². The van der Waals surface area contributed by atoms with Gasteiger partial charge in [0.05, 0.1) is 18.6 Å². The Balaban J connectivity index is 0.000000275. The Labute approximate surface area is 149 Å². The molecule has 0 amide bonds. The van der Waals surface area contributed by atoms with E-state index in [0.717, 1.165) is 13.1 Å². The van der Waals surface area contributed by atoms with Gasteiger partial charge in [0.25, 0.3) is 0 Å². The van der Waals surface area contributed by atoms with Crippen molar-refractivity contribution in [3.8, 4) is 0 Å². The van der Waals surface area contributed by atoms with Crippen LogP contribution in [0.2, 0.25) is 0 Å². The number of carbonyl (C=O) groups is 1. The number of aryl methyl sites for hydroxylation is 1. The molecule has 0 unspecified atom stereocenters. The fourth-order valence-corrected chi connectivity index (χ4v) is 2.70. The molecule has 0 saturated carbocycles. The van der Waals surface area contributed by atoms with Crippen molar-refractivity contribution in [1.82, 2.24) is 9.88 Å². The minimum atomic E-state index is -1.33. The van der Waals surface area contributed by atoms with Crippen LogP contribution in [-0.4, -0.2) is 29.2 Å². The van der Waals surface area contributed by atoms with Gasteiger partial charge in [0.2, 0.25) is 6.33 Å². The van der Waals surface area contributed by atoms with Crippen LogP contribution in [-0.2, 0) is 17.9 Å². The third kappa shape index (κ3) is 8.05. The predicted molar refractivity (Wildman–Crippen MR) is 93.3 cm³/mol. The van der Waals surface area contributed by atoms with Gasteiger partial charge in [-0.2, -0.15) is 0 Å². The van der Waals surface area contributed by atoms with Crippen molar-refractivity contribution in [3.05, 3.63) is 29.2 Å². The second kappa shape index (κ2) is 11.5. The third-order valence-electron chi connectivity index (χ3n) is 4.16. The van der Waals surface area contributed by atoms with E-state index in [1.807, 2.05) is 0 Å². The Morgan fingerprint density at radius 1 is 1.56 bits per heavy atom. The summed E-state index contributed by atoms with van der Waals surface area (Å²) in [5, 5.41) is 16.7. The van der Waals surface area contributed by atoms with Crippen LogP contribution in [0.3, 0.4) is 0 Å². The molecule has 0 spiro atoms. The predicted octanol–water partition coefficient (Wildman–Crippen LogP) is 1.40. The number of hydrogen-bond donors (Lipinski definition) is 1. The van der Waals surface area contributed by atoms with Gasteiger partial charge in [0, 0.05) is 11.0 Å². The Bertz CT molecular complexity index is 557. The summed E-state index contributed by atoms with van der Waals surface area (Å²) in [4.78, 5) is 12.5. The molecule has 8 nitrogen and oxygen atoms in total. The summed E-state index contributed by atoms with van der Waals surface area (Å²) in [6.45, 7) is 9.01. The maximum Gasteiger partial charge on any atom is 0.243 e. The van der Waals surface area contributed by atoms with E-state index in [4.69, 9.17) is 5.53 Å². The average molecular weight is 350 g/mol. The summed E-state index contributed by atoms with van der Waals surface area (Å²) in [5.41, 5.74) is 7.90. The maximum absolute atomic E-state index is 10.2. The lowest BCUT2D eigenvalue weighted by Crippen LogP contribution is -2.41. The molecule has 8 heteroatoms. The highest BCUT2D eigenvalue weighted by Gasteiger charge is 2.17. The molecule has 0 aliphatic carbocycles. The highest BCUT2D eigenvalue weighted by molar-refractivity contribution is 5.71. The summed E-state index contributed by atoms with van der Waals surface area (Å²) in [5.74, 6) is -1.55. The number of aliphatic carboxylic acids is 1. The van der Waals surface area contributed by atoms with Crippen LogP contribution in [0.15, 0.2) is 23.8 Å². The first-order chi connectivity index (χ1) is 12.0. The molecular weight excluding hydrogens is 320 g/mol. The molecule has 1 saturated heterocycles. The van der Waals surface area contributed by atoms with E-state index < -0.39 is 12.0 Å². The molecule has 1 fully saturated rings. The van der Waals surface area contributed by atoms with E-state index in [2.05, 4.69) is 50.1 Å². The molecular formula is C17H30N6O2. The van der Waals surface area contributed by atoms with E-state index in [1.54, 1.807) is 13.8 Å². The van der Waals surface area contributed by atoms with Gasteiger partial charge in [-0.15, -0.1) is 0 Å². The van der Waals surface area contributed by atoms with Crippen molar-refractivity contribution in [2.45, 2.75) is 71.6 Å². The molecule has 0 aromatic carbocycles. The van der Waals surface area contributed by atoms with Gasteiger partial charge < -0.3 is 15.2 Å². The van der Waals surface area contributed by atoms with Gasteiger partial charge in [0.1, 0.15) is 18.9 Å². The van der Waals surface area contributed by atoms with Crippen molar-refractivity contribution in [2.75, 3.05) is 6.54 Å². The standard InChI is InChI=1S/C12H22N3.C5H9N3O2/c1-2-3-7-14-8-9-15(11-14)10-12-5-4-6-13-12;1-3(2)4(5(9)10)7-8-6/h8-9,11-13H,2-7,10H2,1H3;3-4H,1-2H3,(H,9,10)/q+1;/p-1/t12-;4-/m00/s1. The molecule has 2 atom stereocenters. The van der Waals surface area contributed by atoms with E-state index in [1.165, 1.54) is 32.2 Å². The molecule has 140 valence electrons. The van der Waals surface area contributed by atoms with Crippen molar-refractivity contribution in [1.29, 1.82) is 0 Å². The summed E-state index contributed by atoms with van der Waals surface area (Å²) in [7, 11) is 0. The smallest absolute Gasteiger partial charge is 0.243 e. The Morgan fingerprint density at radius 3 is 2.80 bits per heavy atom. The number of rotatable bonds is 8. The zero-order valence-corrected chi connectivity index (χ0v) is 15.5. The first-order valence-corrected chi connectivity index (χ1v) is 9.01. The fraction of sp³-hybridized carbons (Fsp3) is 0.765. The van der Waals surface area contributed by atoms with E-state index in [-0.39, 0.29) is 5.92 Å². The SMILES string of the molecule is CC(C)[C@H](N=[N+]=[N-])C(=O)[O-].CCCCn1cc[n+](C[C@@H]2CCCN2)c1. The highest BCUT2D eigenvalue weighted by Crippen LogP contribution is 2.05. The van der Waals surface area contributed by atoms with Crippen LogP contribution in [0.4, 0.5) is 0 Å². The van der Waals surface area contributed by atoms with Gasteiger partial charge >= 0.3 is 0 Å². The topological polar surface area (TPSA) is 110 Å². The zero-order valence-electron chi connectivity index (χ0n) is 15.5. The Kier molecular flexibility index (Phi) is 9.65. The van der Waals surface area contributed by atoms with Gasteiger partial charge in [-0.25, -0.2) is 9.13 Å². The normalized spacial score (nSPS) is 17.5. The number of carbonyl (C=O) groups excluding carboxylic acids is 1. The second-order valence-corrected chi connectivity index (χ2v) is 6.71. The van der Waals surface area contributed by atoms with E-state index in [9.17, 15) is 9.90 Å². The summed E-state index contributed by atoms with van der Waals surface area (Å²) in [6, 6.07) is -0.359. The minimum Gasteiger partial charge on any atom is -0.550 e. The van der Waals surface area contributed by atoms with Gasteiger partial charge in [-0.1, -0.05) is 32.3 Å². The molecule has 1 aliphatic rings. The van der Waals surface area contributed by atoms with E-state index in [0.29, 0.717) is 6.04 Å². The molecule has 1 aromatic heterocycles. The zero-order chi connectivity index (χ0) is 18.7.